The molecule has 2 atom stereocenters. The van der Waals surface area contributed by atoms with Crippen LogP contribution >= 0.6 is 0 Å². The van der Waals surface area contributed by atoms with Gasteiger partial charge in [-0.25, -0.2) is 4.79 Å². The van der Waals surface area contributed by atoms with Crippen LogP contribution in [0.25, 0.3) is 0 Å². The van der Waals surface area contributed by atoms with Crippen molar-refractivity contribution in [3.8, 4) is 0 Å². The van der Waals surface area contributed by atoms with E-state index in [2.05, 4.69) is 21.9 Å². The van der Waals surface area contributed by atoms with Crippen molar-refractivity contribution >= 4 is 23.9 Å². The molecule has 0 aliphatic rings. The molecule has 1 aromatic carbocycles. The van der Waals surface area contributed by atoms with E-state index in [1.165, 1.54) is 18.1 Å². The zero-order valence-electron chi connectivity index (χ0n) is 22.8. The molecule has 0 heterocycles. The number of methoxy groups -OCH3 is 1. The third-order valence-electron chi connectivity index (χ3n) is 5.35. The van der Waals surface area contributed by atoms with Gasteiger partial charge in [0.25, 0.3) is 0 Å². The lowest BCUT2D eigenvalue weighted by molar-refractivity contribution is -0.144. The summed E-state index contributed by atoms with van der Waals surface area (Å²) in [6.45, 7) is 16.4. The molecule has 0 aromatic heterocycles. The number of nitrogens with one attached hydrogen (secondary N) is 2. The highest BCUT2D eigenvalue weighted by atomic mass is 16.6. The number of nitrogens with zero attached hydrogens (tertiary/aromatic N) is 1. The van der Waals surface area contributed by atoms with Crippen LogP contribution in [0.15, 0.2) is 30.9 Å². The van der Waals surface area contributed by atoms with Crippen molar-refractivity contribution in [2.45, 2.75) is 72.6 Å². The minimum Gasteiger partial charge on any atom is -0.468 e. The van der Waals surface area contributed by atoms with E-state index in [-0.39, 0.29) is 19.0 Å². The molecule has 3 amide bonds. The molecule has 0 radical (unpaired) electrons. The molecule has 0 spiro atoms. The minimum absolute atomic E-state index is 0.0344. The lowest BCUT2D eigenvalue weighted by atomic mass is 9.97. The molecule has 0 aliphatic heterocycles. The second-order valence-corrected chi connectivity index (χ2v) is 10.1. The Bertz CT molecular complexity index is 951. The molecule has 200 valence electrons. The van der Waals surface area contributed by atoms with Crippen LogP contribution in [0.5, 0.6) is 0 Å². The summed E-state index contributed by atoms with van der Waals surface area (Å²) >= 11 is 0. The third kappa shape index (κ3) is 9.71. The molecule has 36 heavy (non-hydrogen) atoms. The van der Waals surface area contributed by atoms with Crippen molar-refractivity contribution in [2.24, 2.45) is 5.92 Å². The number of aryl methyl sites for hydroxylation is 2. The van der Waals surface area contributed by atoms with Gasteiger partial charge in [0.1, 0.15) is 24.2 Å². The van der Waals surface area contributed by atoms with E-state index in [4.69, 9.17) is 4.74 Å². The number of hydrogen-bond donors (Lipinski definition) is 2. The Kier molecular flexibility index (Phi) is 11.6. The average Bonchev–Trinajstić information content (AvgIpc) is 2.76. The molecular weight excluding hydrogens is 462 g/mol. The first-order valence-electron chi connectivity index (χ1n) is 12.0. The van der Waals surface area contributed by atoms with Gasteiger partial charge in [0.2, 0.25) is 11.8 Å². The molecule has 1 rings (SSSR count). The van der Waals surface area contributed by atoms with Crippen molar-refractivity contribution in [3.63, 3.8) is 0 Å². The Hall–Kier alpha value is -3.36. The number of carbonyl (C=O) groups excluding carboxylic acids is 4. The van der Waals surface area contributed by atoms with Gasteiger partial charge in [-0.2, -0.15) is 0 Å². The standard InChI is InChI=1S/C27H41N3O6/c1-10-13-30(25(33)21(14-17(2)3)29-26(34)36-27(6,7)8)23(24(32)28-16-22(31)35-9)20-12-11-18(4)19(5)15-20/h10-12,15,17,21,23H,1,13-14,16H2,2-9H3,(H,28,32)(H,29,34). The molecule has 0 bridgehead atoms. The van der Waals surface area contributed by atoms with Gasteiger partial charge in [-0.05, 0) is 63.6 Å². The quantitative estimate of drug-likeness (QED) is 0.352. The summed E-state index contributed by atoms with van der Waals surface area (Å²) in [5.41, 5.74) is 1.79. The summed E-state index contributed by atoms with van der Waals surface area (Å²) in [4.78, 5) is 52.8. The monoisotopic (exact) mass is 503 g/mol. The fourth-order valence-corrected chi connectivity index (χ4v) is 3.54. The summed E-state index contributed by atoms with van der Waals surface area (Å²) in [5, 5.41) is 5.23. The number of amides is 3. The lowest BCUT2D eigenvalue weighted by Gasteiger charge is -2.34. The number of rotatable bonds is 11. The molecule has 0 saturated carbocycles. The van der Waals surface area contributed by atoms with Crippen molar-refractivity contribution in [3.05, 3.63) is 47.5 Å². The number of alkyl carbamates (subject to hydrolysis) is 1. The largest absolute Gasteiger partial charge is 0.468 e. The first-order chi connectivity index (χ1) is 16.7. The van der Waals surface area contributed by atoms with E-state index in [0.717, 1.165) is 11.1 Å². The van der Waals surface area contributed by atoms with Crippen LogP contribution in [0, 0.1) is 19.8 Å². The predicted octanol–water partition coefficient (Wildman–Crippen LogP) is 3.59. The summed E-state index contributed by atoms with van der Waals surface area (Å²) in [7, 11) is 1.22. The van der Waals surface area contributed by atoms with Crippen molar-refractivity contribution in [2.75, 3.05) is 20.2 Å². The van der Waals surface area contributed by atoms with E-state index in [9.17, 15) is 19.2 Å². The second-order valence-electron chi connectivity index (χ2n) is 10.1. The van der Waals surface area contributed by atoms with Crippen LogP contribution in [-0.2, 0) is 23.9 Å². The highest BCUT2D eigenvalue weighted by Gasteiger charge is 2.36. The molecule has 9 heteroatoms. The van der Waals surface area contributed by atoms with E-state index in [0.29, 0.717) is 12.0 Å². The van der Waals surface area contributed by atoms with Crippen molar-refractivity contribution in [1.29, 1.82) is 0 Å². The summed E-state index contributed by atoms with van der Waals surface area (Å²) in [5.74, 6) is -1.58. The number of hydrogen-bond acceptors (Lipinski definition) is 6. The van der Waals surface area contributed by atoms with Gasteiger partial charge in [0, 0.05) is 6.54 Å². The number of ether oxygens (including phenoxy) is 2. The summed E-state index contributed by atoms with van der Waals surface area (Å²) in [6, 6.07) is 3.45. The van der Waals surface area contributed by atoms with Gasteiger partial charge in [-0.15, -0.1) is 6.58 Å². The third-order valence-corrected chi connectivity index (χ3v) is 5.35. The van der Waals surface area contributed by atoms with Crippen LogP contribution in [0.1, 0.15) is 63.8 Å². The molecule has 2 unspecified atom stereocenters. The van der Waals surface area contributed by atoms with Crippen LogP contribution < -0.4 is 10.6 Å². The van der Waals surface area contributed by atoms with E-state index in [1.54, 1.807) is 26.8 Å². The Morgan fingerprint density at radius 1 is 1.11 bits per heavy atom. The Labute approximate surface area is 214 Å². The molecule has 9 nitrogen and oxygen atoms in total. The van der Waals surface area contributed by atoms with E-state index >= 15 is 0 Å². The van der Waals surface area contributed by atoms with Gasteiger partial charge < -0.3 is 25.0 Å². The summed E-state index contributed by atoms with van der Waals surface area (Å²) in [6.07, 6.45) is 1.12. The first-order valence-corrected chi connectivity index (χ1v) is 12.0. The lowest BCUT2D eigenvalue weighted by Crippen LogP contribution is -2.53. The highest BCUT2D eigenvalue weighted by molar-refractivity contribution is 5.93. The molecule has 1 aromatic rings. The average molecular weight is 504 g/mol. The zero-order valence-corrected chi connectivity index (χ0v) is 22.8. The molecule has 2 N–H and O–H groups in total. The molecule has 0 fully saturated rings. The SMILES string of the molecule is C=CCN(C(=O)C(CC(C)C)NC(=O)OC(C)(C)C)C(C(=O)NCC(=O)OC)c1ccc(C)c(C)c1. The Balaban J connectivity index is 3.47. The van der Waals surface area contributed by atoms with Gasteiger partial charge >= 0.3 is 12.1 Å². The normalized spacial score (nSPS) is 12.8. The second kappa shape index (κ2) is 13.7. The van der Waals surface area contributed by atoms with Gasteiger partial charge in [0.15, 0.2) is 0 Å². The summed E-state index contributed by atoms with van der Waals surface area (Å²) < 4.78 is 10.00. The van der Waals surface area contributed by atoms with E-state index < -0.39 is 41.6 Å². The van der Waals surface area contributed by atoms with Crippen LogP contribution in [0.2, 0.25) is 0 Å². The molecule has 0 saturated heterocycles. The van der Waals surface area contributed by atoms with Crippen LogP contribution in [0.3, 0.4) is 0 Å². The number of benzene rings is 1. The maximum atomic E-state index is 13.9. The maximum Gasteiger partial charge on any atom is 0.408 e. The van der Waals surface area contributed by atoms with Crippen LogP contribution in [0.4, 0.5) is 4.79 Å². The highest BCUT2D eigenvalue weighted by Crippen LogP contribution is 2.26. The van der Waals surface area contributed by atoms with Gasteiger partial charge in [-0.3, -0.25) is 14.4 Å². The van der Waals surface area contributed by atoms with Gasteiger partial charge in [-0.1, -0.05) is 38.1 Å². The van der Waals surface area contributed by atoms with E-state index in [1.807, 2.05) is 39.8 Å². The molecular formula is C27H41N3O6. The van der Waals surface area contributed by atoms with Crippen molar-refractivity contribution in [1.82, 2.24) is 15.5 Å². The fraction of sp³-hybridized carbons (Fsp3) is 0.556. The predicted molar refractivity (Wildman–Crippen MR) is 138 cm³/mol. The fourth-order valence-electron chi connectivity index (χ4n) is 3.54. The zero-order chi connectivity index (χ0) is 27.6. The van der Waals surface area contributed by atoms with Gasteiger partial charge in [0.05, 0.1) is 7.11 Å². The maximum absolute atomic E-state index is 13.9. The minimum atomic E-state index is -1.07. The molecule has 0 aliphatic carbocycles. The number of esters is 1. The smallest absolute Gasteiger partial charge is 0.408 e. The van der Waals surface area contributed by atoms with Crippen molar-refractivity contribution < 1.29 is 28.7 Å². The Morgan fingerprint density at radius 3 is 2.25 bits per heavy atom. The number of carbonyl (C=O) groups is 4. The Morgan fingerprint density at radius 2 is 1.75 bits per heavy atom. The first kappa shape index (κ1) is 30.7. The van der Waals surface area contributed by atoms with Crippen LogP contribution in [-0.4, -0.2) is 60.6 Å². The topological polar surface area (TPSA) is 114 Å².